The van der Waals surface area contributed by atoms with E-state index in [1.807, 2.05) is 16.9 Å². The van der Waals surface area contributed by atoms with Crippen LogP contribution in [0.15, 0.2) is 72.4 Å². The number of hydrogen-bond acceptors (Lipinski definition) is 4. The highest BCUT2D eigenvalue weighted by Crippen LogP contribution is 2.19. The third-order valence-electron chi connectivity index (χ3n) is 5.06. The molecule has 3 aromatic rings. The first-order valence-electron chi connectivity index (χ1n) is 10.6. The van der Waals surface area contributed by atoms with Crippen molar-refractivity contribution in [2.24, 2.45) is 0 Å². The van der Waals surface area contributed by atoms with Gasteiger partial charge in [-0.05, 0) is 42.9 Å². The molecule has 0 aliphatic heterocycles. The molecule has 1 heterocycles. The Hall–Kier alpha value is -2.86. The van der Waals surface area contributed by atoms with Crippen LogP contribution in [0.1, 0.15) is 31.0 Å². The van der Waals surface area contributed by atoms with E-state index in [1.165, 1.54) is 22.3 Å². The average molecular weight is 436 g/mol. The van der Waals surface area contributed by atoms with E-state index in [0.717, 1.165) is 37.3 Å². The molecule has 5 nitrogen and oxygen atoms in total. The van der Waals surface area contributed by atoms with Crippen LogP contribution in [0.3, 0.4) is 0 Å². The predicted octanol–water partition coefficient (Wildman–Crippen LogP) is 5.27. The maximum absolute atomic E-state index is 10.5. The standard InChI is InChI=1S/C25H29N3O2S/c1-20(14-17-31-18-15-25(29)30)13-16-28-19-24(26-27-28)12-9-21-7-10-23(11-8-21)22-5-3-2-4-6-22/h2-8,10-11,14,19H,9,12-13,15-18H2,1H3,(H,29,30)/b20-14+. The molecule has 0 aliphatic carbocycles. The summed E-state index contributed by atoms with van der Waals surface area (Å²) in [5.41, 5.74) is 6.07. The molecule has 2 aromatic carbocycles. The lowest BCUT2D eigenvalue weighted by Gasteiger charge is -2.04. The lowest BCUT2D eigenvalue weighted by molar-refractivity contribution is -0.136. The fraction of sp³-hybridized carbons (Fsp3) is 0.320. The van der Waals surface area contributed by atoms with Gasteiger partial charge < -0.3 is 5.11 Å². The fourth-order valence-corrected chi connectivity index (χ4v) is 4.05. The van der Waals surface area contributed by atoms with Gasteiger partial charge in [-0.1, -0.05) is 71.5 Å². The Kier molecular flexibility index (Phi) is 8.91. The predicted molar refractivity (Wildman–Crippen MR) is 127 cm³/mol. The fourth-order valence-electron chi connectivity index (χ4n) is 3.17. The van der Waals surface area contributed by atoms with Crippen molar-refractivity contribution < 1.29 is 9.90 Å². The van der Waals surface area contributed by atoms with Gasteiger partial charge in [0.05, 0.1) is 12.1 Å². The molecule has 0 spiro atoms. The number of benzene rings is 2. The maximum atomic E-state index is 10.5. The molecule has 0 bridgehead atoms. The van der Waals surface area contributed by atoms with Crippen molar-refractivity contribution >= 4 is 17.7 Å². The van der Waals surface area contributed by atoms with E-state index in [2.05, 4.69) is 71.8 Å². The van der Waals surface area contributed by atoms with Crippen LogP contribution in [-0.2, 0) is 24.2 Å². The smallest absolute Gasteiger partial charge is 0.304 e. The van der Waals surface area contributed by atoms with Crippen LogP contribution in [0.25, 0.3) is 11.1 Å². The van der Waals surface area contributed by atoms with Gasteiger partial charge in [0.25, 0.3) is 0 Å². The lowest BCUT2D eigenvalue weighted by atomic mass is 10.0. The van der Waals surface area contributed by atoms with Crippen molar-refractivity contribution in [3.05, 3.63) is 83.7 Å². The number of aliphatic carboxylic acids is 1. The Morgan fingerprint density at radius 3 is 2.52 bits per heavy atom. The maximum Gasteiger partial charge on any atom is 0.304 e. The minimum absolute atomic E-state index is 0.219. The van der Waals surface area contributed by atoms with Crippen LogP contribution in [-0.4, -0.2) is 37.6 Å². The molecule has 0 unspecified atom stereocenters. The Labute approximate surface area is 188 Å². The Morgan fingerprint density at radius 2 is 1.77 bits per heavy atom. The largest absolute Gasteiger partial charge is 0.481 e. The molecule has 162 valence electrons. The number of carboxylic acid groups (broad SMARTS) is 1. The van der Waals surface area contributed by atoms with Crippen LogP contribution in [0.2, 0.25) is 0 Å². The van der Waals surface area contributed by atoms with E-state index in [4.69, 9.17) is 5.11 Å². The summed E-state index contributed by atoms with van der Waals surface area (Å²) in [6.45, 7) is 2.91. The molecule has 6 heteroatoms. The quantitative estimate of drug-likeness (QED) is 0.310. The second-order valence-corrected chi connectivity index (χ2v) is 8.70. The zero-order valence-corrected chi connectivity index (χ0v) is 18.7. The second kappa shape index (κ2) is 12.1. The van der Waals surface area contributed by atoms with Gasteiger partial charge in [-0.25, -0.2) is 0 Å². The molecule has 0 saturated carbocycles. The highest BCUT2D eigenvalue weighted by molar-refractivity contribution is 7.99. The second-order valence-electron chi connectivity index (χ2n) is 7.56. The summed E-state index contributed by atoms with van der Waals surface area (Å²) >= 11 is 1.65. The molecule has 0 amide bonds. The number of hydrogen-bond donors (Lipinski definition) is 1. The monoisotopic (exact) mass is 435 g/mol. The van der Waals surface area contributed by atoms with Gasteiger partial charge >= 0.3 is 5.97 Å². The van der Waals surface area contributed by atoms with Crippen molar-refractivity contribution in [2.45, 2.75) is 39.2 Å². The molecule has 0 saturated heterocycles. The van der Waals surface area contributed by atoms with Crippen LogP contribution in [0.4, 0.5) is 0 Å². The number of carboxylic acids is 1. The van der Waals surface area contributed by atoms with Crippen molar-refractivity contribution in [1.82, 2.24) is 15.0 Å². The Bertz CT molecular complexity index is 982. The van der Waals surface area contributed by atoms with Crippen LogP contribution in [0.5, 0.6) is 0 Å². The first kappa shape index (κ1) is 22.8. The molecule has 3 rings (SSSR count). The zero-order chi connectivity index (χ0) is 21.9. The number of aromatic nitrogens is 3. The molecule has 0 radical (unpaired) electrons. The highest BCUT2D eigenvalue weighted by atomic mass is 32.2. The number of thioether (sulfide) groups is 1. The van der Waals surface area contributed by atoms with E-state index >= 15 is 0 Å². The van der Waals surface area contributed by atoms with E-state index in [0.29, 0.717) is 5.75 Å². The average Bonchev–Trinajstić information content (AvgIpc) is 3.25. The first-order chi connectivity index (χ1) is 15.1. The van der Waals surface area contributed by atoms with E-state index in [1.54, 1.807) is 11.8 Å². The van der Waals surface area contributed by atoms with Crippen molar-refractivity contribution in [3.63, 3.8) is 0 Å². The molecule has 0 fully saturated rings. The summed E-state index contributed by atoms with van der Waals surface area (Å²) in [4.78, 5) is 10.5. The first-order valence-corrected chi connectivity index (χ1v) is 11.7. The topological polar surface area (TPSA) is 68.0 Å². The summed E-state index contributed by atoms with van der Waals surface area (Å²) in [5, 5.41) is 17.2. The minimum Gasteiger partial charge on any atom is -0.481 e. The Morgan fingerprint density at radius 1 is 1.03 bits per heavy atom. The van der Waals surface area contributed by atoms with Crippen molar-refractivity contribution in [1.29, 1.82) is 0 Å². The van der Waals surface area contributed by atoms with Gasteiger partial charge in [0, 0.05) is 24.2 Å². The van der Waals surface area contributed by atoms with Crippen molar-refractivity contribution in [3.8, 4) is 11.1 Å². The third kappa shape index (κ3) is 8.06. The Balaban J connectivity index is 1.40. The molecule has 1 aromatic heterocycles. The summed E-state index contributed by atoms with van der Waals surface area (Å²) in [7, 11) is 0. The van der Waals surface area contributed by atoms with Crippen molar-refractivity contribution in [2.75, 3.05) is 11.5 Å². The van der Waals surface area contributed by atoms with Crippen LogP contribution >= 0.6 is 11.8 Å². The summed E-state index contributed by atoms with van der Waals surface area (Å²) in [6, 6.07) is 19.1. The molecule has 0 aliphatic rings. The number of aryl methyl sites for hydroxylation is 3. The molecule has 1 N–H and O–H groups in total. The zero-order valence-electron chi connectivity index (χ0n) is 17.9. The van der Waals surface area contributed by atoms with Gasteiger partial charge in [0.2, 0.25) is 0 Å². The number of nitrogens with zero attached hydrogens (tertiary/aromatic N) is 3. The van der Waals surface area contributed by atoms with Crippen LogP contribution < -0.4 is 0 Å². The number of carbonyl (C=O) groups is 1. The molecular weight excluding hydrogens is 406 g/mol. The molecular formula is C25H29N3O2S. The van der Waals surface area contributed by atoms with Crippen LogP contribution in [0, 0.1) is 0 Å². The van der Waals surface area contributed by atoms with Gasteiger partial charge in [-0.2, -0.15) is 11.8 Å². The van der Waals surface area contributed by atoms with Gasteiger partial charge in [0.15, 0.2) is 0 Å². The highest BCUT2D eigenvalue weighted by Gasteiger charge is 2.04. The molecule has 31 heavy (non-hydrogen) atoms. The molecule has 0 atom stereocenters. The lowest BCUT2D eigenvalue weighted by Crippen LogP contribution is -1.99. The van der Waals surface area contributed by atoms with E-state index in [9.17, 15) is 4.79 Å². The third-order valence-corrected chi connectivity index (χ3v) is 5.96. The summed E-state index contributed by atoms with van der Waals surface area (Å²) < 4.78 is 1.91. The van der Waals surface area contributed by atoms with Gasteiger partial charge in [0.1, 0.15) is 0 Å². The number of allylic oxidation sites excluding steroid dienone is 1. The van der Waals surface area contributed by atoms with Gasteiger partial charge in [-0.15, -0.1) is 5.10 Å². The van der Waals surface area contributed by atoms with E-state index in [-0.39, 0.29) is 6.42 Å². The van der Waals surface area contributed by atoms with Gasteiger partial charge in [-0.3, -0.25) is 9.48 Å². The summed E-state index contributed by atoms with van der Waals surface area (Å²) in [5.74, 6) is 0.769. The SMILES string of the molecule is C/C(=C\CSCCC(=O)O)CCn1cc(CCc2ccc(-c3ccccc3)cc2)nn1. The normalized spacial score (nSPS) is 11.6. The van der Waals surface area contributed by atoms with E-state index < -0.39 is 5.97 Å². The summed E-state index contributed by atoms with van der Waals surface area (Å²) in [6.07, 6.45) is 7.16. The minimum atomic E-state index is -0.737. The number of rotatable bonds is 12.